The number of likely N-dealkylation sites (tertiary alicyclic amines) is 1. The van der Waals surface area contributed by atoms with Crippen molar-refractivity contribution in [2.24, 2.45) is 11.7 Å². The third kappa shape index (κ3) is 3.80. The molecular formula is C16H25BrN2. The lowest BCUT2D eigenvalue weighted by atomic mass is 9.91. The topological polar surface area (TPSA) is 29.3 Å². The van der Waals surface area contributed by atoms with Crippen LogP contribution in [0.15, 0.2) is 28.7 Å². The van der Waals surface area contributed by atoms with Crippen LogP contribution in [0.4, 0.5) is 0 Å². The van der Waals surface area contributed by atoms with Gasteiger partial charge < -0.3 is 10.6 Å². The van der Waals surface area contributed by atoms with Crippen molar-refractivity contribution >= 4 is 15.9 Å². The number of rotatable bonds is 4. The molecule has 1 aliphatic heterocycles. The van der Waals surface area contributed by atoms with Crippen molar-refractivity contribution in [1.82, 2.24) is 4.90 Å². The molecule has 3 heteroatoms. The summed E-state index contributed by atoms with van der Waals surface area (Å²) in [6.07, 6.45) is 3.73. The minimum absolute atomic E-state index is 0.125. The first-order chi connectivity index (χ1) is 9.09. The molecule has 3 unspecified atom stereocenters. The summed E-state index contributed by atoms with van der Waals surface area (Å²) in [4.78, 5) is 2.60. The van der Waals surface area contributed by atoms with Gasteiger partial charge in [0, 0.05) is 23.1 Å². The number of piperidine rings is 1. The lowest BCUT2D eigenvalue weighted by Gasteiger charge is -2.38. The molecule has 1 saturated heterocycles. The monoisotopic (exact) mass is 324 g/mol. The number of nitrogens with zero attached hydrogens (tertiary/aromatic N) is 1. The molecule has 0 spiro atoms. The highest BCUT2D eigenvalue weighted by Crippen LogP contribution is 2.26. The lowest BCUT2D eigenvalue weighted by Crippen LogP contribution is -2.43. The Morgan fingerprint density at radius 2 is 2.11 bits per heavy atom. The van der Waals surface area contributed by atoms with Gasteiger partial charge in [0.1, 0.15) is 0 Å². The van der Waals surface area contributed by atoms with E-state index in [4.69, 9.17) is 5.73 Å². The number of hydrogen-bond donors (Lipinski definition) is 1. The Bertz CT molecular complexity index is 407. The van der Waals surface area contributed by atoms with E-state index in [9.17, 15) is 0 Å². The van der Waals surface area contributed by atoms with E-state index in [-0.39, 0.29) is 6.04 Å². The van der Waals surface area contributed by atoms with Crippen LogP contribution in [-0.4, -0.2) is 24.0 Å². The average molecular weight is 325 g/mol. The van der Waals surface area contributed by atoms with E-state index in [0.29, 0.717) is 6.04 Å². The van der Waals surface area contributed by atoms with Crippen molar-refractivity contribution in [3.8, 4) is 0 Å². The van der Waals surface area contributed by atoms with Crippen LogP contribution in [0, 0.1) is 5.92 Å². The molecule has 2 rings (SSSR count). The SMILES string of the molecule is CC1CCCN(CCC(N)c2ccccc2Br)C1C. The van der Waals surface area contributed by atoms with Crippen molar-refractivity contribution in [1.29, 1.82) is 0 Å². The van der Waals surface area contributed by atoms with Crippen LogP contribution < -0.4 is 5.73 Å². The summed E-state index contributed by atoms with van der Waals surface area (Å²) in [6, 6.07) is 9.11. The van der Waals surface area contributed by atoms with Gasteiger partial charge in [0.15, 0.2) is 0 Å². The second-order valence-electron chi connectivity index (χ2n) is 5.81. The molecule has 1 aromatic carbocycles. The van der Waals surface area contributed by atoms with Gasteiger partial charge in [-0.2, -0.15) is 0 Å². The standard InChI is InChI=1S/C16H25BrN2/c1-12-6-5-10-19(13(12)2)11-9-16(18)14-7-3-4-8-15(14)17/h3-4,7-8,12-13,16H,5-6,9-11,18H2,1-2H3. The molecule has 1 aromatic rings. The van der Waals surface area contributed by atoms with E-state index in [1.165, 1.54) is 24.9 Å². The van der Waals surface area contributed by atoms with Crippen molar-refractivity contribution in [3.63, 3.8) is 0 Å². The van der Waals surface area contributed by atoms with Crippen LogP contribution >= 0.6 is 15.9 Å². The summed E-state index contributed by atoms with van der Waals surface area (Å²) in [5, 5.41) is 0. The van der Waals surface area contributed by atoms with E-state index >= 15 is 0 Å². The van der Waals surface area contributed by atoms with E-state index < -0.39 is 0 Å². The first-order valence-electron chi connectivity index (χ1n) is 7.33. The van der Waals surface area contributed by atoms with E-state index in [2.05, 4.69) is 52.9 Å². The van der Waals surface area contributed by atoms with Gasteiger partial charge in [-0.25, -0.2) is 0 Å². The van der Waals surface area contributed by atoms with Crippen LogP contribution in [0.2, 0.25) is 0 Å². The summed E-state index contributed by atoms with van der Waals surface area (Å²) in [6.45, 7) is 7.06. The second kappa shape index (κ2) is 6.87. The fourth-order valence-corrected chi connectivity index (χ4v) is 3.55. The van der Waals surface area contributed by atoms with Gasteiger partial charge in [-0.3, -0.25) is 0 Å². The summed E-state index contributed by atoms with van der Waals surface area (Å²) < 4.78 is 1.13. The molecule has 1 fully saturated rings. The van der Waals surface area contributed by atoms with Crippen molar-refractivity contribution in [3.05, 3.63) is 34.3 Å². The Hall–Kier alpha value is -0.380. The summed E-state index contributed by atoms with van der Waals surface area (Å²) >= 11 is 3.59. The molecular weight excluding hydrogens is 300 g/mol. The van der Waals surface area contributed by atoms with Crippen molar-refractivity contribution in [2.75, 3.05) is 13.1 Å². The van der Waals surface area contributed by atoms with Gasteiger partial charge in [-0.1, -0.05) is 41.1 Å². The maximum atomic E-state index is 6.34. The summed E-state index contributed by atoms with van der Waals surface area (Å²) in [5.41, 5.74) is 7.56. The Morgan fingerprint density at radius 3 is 2.84 bits per heavy atom. The lowest BCUT2D eigenvalue weighted by molar-refractivity contribution is 0.110. The summed E-state index contributed by atoms with van der Waals surface area (Å²) in [5.74, 6) is 0.813. The quantitative estimate of drug-likeness (QED) is 0.908. The Kier molecular flexibility index (Phi) is 5.43. The molecule has 0 bridgehead atoms. The molecule has 1 aliphatic rings. The highest BCUT2D eigenvalue weighted by atomic mass is 79.9. The smallest absolute Gasteiger partial charge is 0.0318 e. The molecule has 19 heavy (non-hydrogen) atoms. The molecule has 0 aromatic heterocycles. The second-order valence-corrected chi connectivity index (χ2v) is 6.67. The Balaban J connectivity index is 1.90. The number of benzene rings is 1. The molecule has 0 amide bonds. The van der Waals surface area contributed by atoms with E-state index in [1.54, 1.807) is 0 Å². The van der Waals surface area contributed by atoms with Crippen LogP contribution in [0.25, 0.3) is 0 Å². The third-order valence-electron chi connectivity index (χ3n) is 4.54. The minimum atomic E-state index is 0.125. The van der Waals surface area contributed by atoms with E-state index in [0.717, 1.165) is 23.4 Å². The maximum absolute atomic E-state index is 6.34. The molecule has 1 heterocycles. The number of hydrogen-bond acceptors (Lipinski definition) is 2. The fraction of sp³-hybridized carbons (Fsp3) is 0.625. The van der Waals surface area contributed by atoms with Gasteiger partial charge in [-0.15, -0.1) is 0 Å². The van der Waals surface area contributed by atoms with Crippen molar-refractivity contribution < 1.29 is 0 Å². The highest BCUT2D eigenvalue weighted by Gasteiger charge is 2.24. The molecule has 106 valence electrons. The third-order valence-corrected chi connectivity index (χ3v) is 5.26. The fourth-order valence-electron chi connectivity index (χ4n) is 2.97. The molecule has 0 saturated carbocycles. The van der Waals surface area contributed by atoms with Gasteiger partial charge in [0.2, 0.25) is 0 Å². The molecule has 0 radical (unpaired) electrons. The Labute approximate surface area is 125 Å². The number of nitrogens with two attached hydrogens (primary N) is 1. The van der Waals surface area contributed by atoms with Gasteiger partial charge in [-0.05, 0) is 50.3 Å². The molecule has 0 aliphatic carbocycles. The van der Waals surface area contributed by atoms with Gasteiger partial charge in [0.05, 0.1) is 0 Å². The molecule has 3 atom stereocenters. The predicted octanol–water partition coefficient (Wildman–Crippen LogP) is 3.96. The largest absolute Gasteiger partial charge is 0.324 e. The number of halogens is 1. The zero-order valence-electron chi connectivity index (χ0n) is 12.0. The van der Waals surface area contributed by atoms with Crippen LogP contribution in [0.3, 0.4) is 0 Å². The molecule has 2 N–H and O–H groups in total. The van der Waals surface area contributed by atoms with Gasteiger partial charge >= 0.3 is 0 Å². The van der Waals surface area contributed by atoms with Crippen molar-refractivity contribution in [2.45, 2.75) is 45.2 Å². The van der Waals surface area contributed by atoms with Crippen LogP contribution in [0.5, 0.6) is 0 Å². The normalized spacial score (nSPS) is 26.3. The van der Waals surface area contributed by atoms with E-state index in [1.807, 2.05) is 6.07 Å². The zero-order chi connectivity index (χ0) is 13.8. The van der Waals surface area contributed by atoms with Crippen LogP contribution in [0.1, 0.15) is 44.7 Å². The highest BCUT2D eigenvalue weighted by molar-refractivity contribution is 9.10. The maximum Gasteiger partial charge on any atom is 0.0318 e. The zero-order valence-corrected chi connectivity index (χ0v) is 13.6. The minimum Gasteiger partial charge on any atom is -0.324 e. The first kappa shape index (κ1) is 15.0. The van der Waals surface area contributed by atoms with Gasteiger partial charge in [0.25, 0.3) is 0 Å². The Morgan fingerprint density at radius 1 is 1.37 bits per heavy atom. The summed E-state index contributed by atoms with van der Waals surface area (Å²) in [7, 11) is 0. The predicted molar refractivity (Wildman–Crippen MR) is 85.1 cm³/mol. The molecule has 2 nitrogen and oxygen atoms in total. The average Bonchev–Trinajstić information content (AvgIpc) is 2.40. The first-order valence-corrected chi connectivity index (χ1v) is 8.13. The van der Waals surface area contributed by atoms with Crippen LogP contribution in [-0.2, 0) is 0 Å².